The predicted molar refractivity (Wildman–Crippen MR) is 67.6 cm³/mol. The molecule has 118 valence electrons. The Morgan fingerprint density at radius 3 is 2.55 bits per heavy atom. The highest BCUT2D eigenvalue weighted by atomic mass is 19.4. The molecule has 0 radical (unpaired) electrons. The normalized spacial score (nSPS) is 11.3. The third-order valence-corrected chi connectivity index (χ3v) is 2.36. The maximum absolute atomic E-state index is 13.5. The highest BCUT2D eigenvalue weighted by Gasteiger charge is 2.29. The van der Waals surface area contributed by atoms with Gasteiger partial charge in [-0.1, -0.05) is 0 Å². The van der Waals surface area contributed by atoms with E-state index >= 15 is 0 Å². The van der Waals surface area contributed by atoms with Gasteiger partial charge in [0.2, 0.25) is 0 Å². The minimum atomic E-state index is -4.52. The van der Waals surface area contributed by atoms with Gasteiger partial charge in [0, 0.05) is 6.20 Å². The molecule has 0 aromatic carbocycles. The second kappa shape index (κ2) is 6.50. The van der Waals surface area contributed by atoms with Crippen molar-refractivity contribution >= 4 is 5.82 Å². The number of ether oxygens (including phenoxy) is 1. The smallest absolute Gasteiger partial charge is 0.422 e. The van der Waals surface area contributed by atoms with Gasteiger partial charge in [0.25, 0.3) is 0 Å². The third kappa shape index (κ3) is 4.79. The number of alkyl halides is 3. The molecule has 6 nitrogen and oxygen atoms in total. The Labute approximate surface area is 122 Å². The number of halogens is 4. The zero-order chi connectivity index (χ0) is 16.2. The van der Waals surface area contributed by atoms with Gasteiger partial charge >= 0.3 is 12.2 Å². The number of rotatable bonds is 5. The first kappa shape index (κ1) is 15.9. The second-order valence-electron chi connectivity index (χ2n) is 4.26. The lowest BCUT2D eigenvalue weighted by Crippen LogP contribution is -2.20. The second-order valence-corrected chi connectivity index (χ2v) is 4.26. The fourth-order valence-corrected chi connectivity index (χ4v) is 1.38. The van der Waals surface area contributed by atoms with Crippen molar-refractivity contribution in [2.45, 2.75) is 19.6 Å². The van der Waals surface area contributed by atoms with E-state index in [1.165, 1.54) is 12.4 Å². The number of hydrogen-bond acceptors (Lipinski definition) is 6. The number of hydrogen-bond donors (Lipinski definition) is 1. The van der Waals surface area contributed by atoms with Crippen LogP contribution in [0.1, 0.15) is 11.4 Å². The molecule has 10 heteroatoms. The predicted octanol–water partition coefficient (Wildman–Crippen LogP) is 2.27. The van der Waals surface area contributed by atoms with Gasteiger partial charge in [0.15, 0.2) is 18.2 Å². The van der Waals surface area contributed by atoms with E-state index in [-0.39, 0.29) is 12.4 Å². The van der Waals surface area contributed by atoms with Gasteiger partial charge in [0.05, 0.1) is 30.3 Å². The fourth-order valence-electron chi connectivity index (χ4n) is 1.38. The van der Waals surface area contributed by atoms with E-state index in [0.29, 0.717) is 5.69 Å². The molecule has 0 aliphatic carbocycles. The van der Waals surface area contributed by atoms with Crippen molar-refractivity contribution < 1.29 is 22.3 Å². The van der Waals surface area contributed by atoms with Gasteiger partial charge in [-0.2, -0.15) is 18.2 Å². The van der Waals surface area contributed by atoms with Crippen LogP contribution in [0.4, 0.5) is 23.4 Å². The van der Waals surface area contributed by atoms with E-state index in [9.17, 15) is 17.6 Å². The van der Waals surface area contributed by atoms with Gasteiger partial charge in [-0.15, -0.1) is 0 Å². The zero-order valence-corrected chi connectivity index (χ0v) is 11.4. The first-order valence-corrected chi connectivity index (χ1v) is 6.07. The first-order chi connectivity index (χ1) is 10.3. The minimum absolute atomic E-state index is 0.0971. The molecule has 0 saturated heterocycles. The number of anilines is 1. The molecule has 22 heavy (non-hydrogen) atoms. The number of aromatic nitrogens is 4. The molecule has 2 heterocycles. The minimum Gasteiger partial charge on any atom is -0.454 e. The zero-order valence-electron chi connectivity index (χ0n) is 11.4. The van der Waals surface area contributed by atoms with Gasteiger partial charge in [-0.25, -0.2) is 9.37 Å². The molecule has 2 aromatic heterocycles. The van der Waals surface area contributed by atoms with Crippen LogP contribution in [-0.4, -0.2) is 32.7 Å². The van der Waals surface area contributed by atoms with E-state index in [2.05, 4.69) is 30.0 Å². The fraction of sp³-hybridized carbons (Fsp3) is 0.333. The highest BCUT2D eigenvalue weighted by Crippen LogP contribution is 2.18. The summed E-state index contributed by atoms with van der Waals surface area (Å²) in [6.45, 7) is 0.306. The lowest BCUT2D eigenvalue weighted by Gasteiger charge is -2.10. The Morgan fingerprint density at radius 2 is 1.91 bits per heavy atom. The van der Waals surface area contributed by atoms with Crippen LogP contribution in [0.15, 0.2) is 18.6 Å². The molecule has 0 amide bonds. The van der Waals surface area contributed by atoms with Crippen molar-refractivity contribution in [1.29, 1.82) is 0 Å². The van der Waals surface area contributed by atoms with Crippen LogP contribution in [-0.2, 0) is 6.54 Å². The van der Waals surface area contributed by atoms with Crippen LogP contribution < -0.4 is 10.1 Å². The van der Waals surface area contributed by atoms with E-state index in [0.717, 1.165) is 11.9 Å². The molecule has 0 fully saturated rings. The summed E-state index contributed by atoms with van der Waals surface area (Å²) in [4.78, 5) is 14.9. The van der Waals surface area contributed by atoms with E-state index in [1.807, 2.05) is 0 Å². The molecule has 0 atom stereocenters. The SMILES string of the molecule is Cc1cnc(CNc2nc(OCC(F)(F)F)ncc2F)cn1. The molecular weight excluding hydrogens is 306 g/mol. The molecule has 0 bridgehead atoms. The molecule has 2 rings (SSSR count). The number of aryl methyl sites for hydroxylation is 1. The standard InChI is InChI=1S/C12H11F4N5O/c1-7-2-18-8(3-17-7)4-19-10-9(13)5-20-11(21-10)22-6-12(14,15)16/h2-3,5H,4,6H2,1H3,(H,19,20,21). The maximum atomic E-state index is 13.5. The van der Waals surface area contributed by atoms with Crippen LogP contribution in [0.2, 0.25) is 0 Å². The Morgan fingerprint density at radius 1 is 1.14 bits per heavy atom. The van der Waals surface area contributed by atoms with Crippen LogP contribution >= 0.6 is 0 Å². The van der Waals surface area contributed by atoms with Gasteiger partial charge < -0.3 is 10.1 Å². The van der Waals surface area contributed by atoms with Gasteiger partial charge in [-0.3, -0.25) is 9.97 Å². The Kier molecular flexibility index (Phi) is 4.68. The summed E-state index contributed by atoms with van der Waals surface area (Å²) >= 11 is 0. The van der Waals surface area contributed by atoms with E-state index in [4.69, 9.17) is 0 Å². The summed E-state index contributed by atoms with van der Waals surface area (Å²) in [5, 5.41) is 2.60. The van der Waals surface area contributed by atoms with Crippen LogP contribution in [0.3, 0.4) is 0 Å². The van der Waals surface area contributed by atoms with E-state index < -0.39 is 24.6 Å². The molecule has 0 unspecified atom stereocenters. The van der Waals surface area contributed by atoms with Gasteiger partial charge in [-0.05, 0) is 6.92 Å². The van der Waals surface area contributed by atoms with Crippen molar-refractivity contribution in [2.75, 3.05) is 11.9 Å². The summed E-state index contributed by atoms with van der Waals surface area (Å²) in [6, 6.07) is -0.573. The largest absolute Gasteiger partial charge is 0.454 e. The van der Waals surface area contributed by atoms with Crippen molar-refractivity contribution in [1.82, 2.24) is 19.9 Å². The number of nitrogens with zero attached hydrogens (tertiary/aromatic N) is 4. The van der Waals surface area contributed by atoms with Crippen molar-refractivity contribution in [3.8, 4) is 6.01 Å². The molecule has 0 saturated carbocycles. The molecule has 0 spiro atoms. The van der Waals surface area contributed by atoms with Gasteiger partial charge in [0.1, 0.15) is 0 Å². The quantitative estimate of drug-likeness (QED) is 0.853. The maximum Gasteiger partial charge on any atom is 0.422 e. The van der Waals surface area contributed by atoms with Crippen LogP contribution in [0.25, 0.3) is 0 Å². The monoisotopic (exact) mass is 317 g/mol. The number of nitrogens with one attached hydrogen (secondary N) is 1. The molecule has 0 aliphatic rings. The Bertz CT molecular complexity index is 632. The molecule has 1 N–H and O–H groups in total. The van der Waals surface area contributed by atoms with E-state index in [1.54, 1.807) is 6.92 Å². The summed E-state index contributed by atoms with van der Waals surface area (Å²) in [7, 11) is 0. The average Bonchev–Trinajstić information content (AvgIpc) is 2.46. The van der Waals surface area contributed by atoms with Crippen molar-refractivity contribution in [3.05, 3.63) is 35.8 Å². The van der Waals surface area contributed by atoms with Crippen molar-refractivity contribution in [2.24, 2.45) is 0 Å². The Hall–Kier alpha value is -2.52. The average molecular weight is 317 g/mol. The highest BCUT2D eigenvalue weighted by molar-refractivity contribution is 5.36. The third-order valence-electron chi connectivity index (χ3n) is 2.36. The lowest BCUT2D eigenvalue weighted by molar-refractivity contribution is -0.154. The topological polar surface area (TPSA) is 72.8 Å². The lowest BCUT2D eigenvalue weighted by atomic mass is 10.4. The summed E-state index contributed by atoms with van der Waals surface area (Å²) in [5.74, 6) is -1.10. The molecule has 0 aliphatic heterocycles. The van der Waals surface area contributed by atoms with Crippen LogP contribution in [0, 0.1) is 12.7 Å². The summed E-state index contributed by atoms with van der Waals surface area (Å²) in [5.41, 5.74) is 1.24. The summed E-state index contributed by atoms with van der Waals surface area (Å²) < 4.78 is 54.0. The van der Waals surface area contributed by atoms with Crippen molar-refractivity contribution in [3.63, 3.8) is 0 Å². The molecular formula is C12H11F4N5O. The summed E-state index contributed by atoms with van der Waals surface area (Å²) in [6.07, 6.45) is -0.779. The Balaban J connectivity index is 2.02. The molecule has 2 aromatic rings. The van der Waals surface area contributed by atoms with Crippen LogP contribution in [0.5, 0.6) is 6.01 Å². The first-order valence-electron chi connectivity index (χ1n) is 6.07.